The van der Waals surface area contributed by atoms with Crippen LogP contribution in [0.5, 0.6) is 5.75 Å². The maximum absolute atomic E-state index is 15.4. The Morgan fingerprint density at radius 1 is 1.39 bits per heavy atom. The van der Waals surface area contributed by atoms with Gasteiger partial charge in [0.25, 0.3) is 0 Å². The van der Waals surface area contributed by atoms with Crippen molar-refractivity contribution in [2.75, 3.05) is 25.9 Å². The molecule has 2 unspecified atom stereocenters. The number of hydrogen-bond donors (Lipinski definition) is 1. The Bertz CT molecular complexity index is 940. The third kappa shape index (κ3) is 4.26. The normalized spacial score (nSPS) is 25.6. The van der Waals surface area contributed by atoms with Gasteiger partial charge in [-0.2, -0.15) is 0 Å². The minimum absolute atomic E-state index is 0.0330. The number of halogens is 3. The summed E-state index contributed by atoms with van der Waals surface area (Å²) in [4.78, 5) is 3.69. The highest BCUT2D eigenvalue weighted by Crippen LogP contribution is 2.42. The lowest BCUT2D eigenvalue weighted by Gasteiger charge is -2.44. The lowest BCUT2D eigenvalue weighted by molar-refractivity contribution is 0.0515. The molecule has 0 radical (unpaired) electrons. The average molecular weight is 473 g/mol. The van der Waals surface area contributed by atoms with Crippen molar-refractivity contribution in [2.45, 2.75) is 50.4 Å². The molecule has 0 spiro atoms. The average Bonchev–Trinajstić information content (AvgIpc) is 3.35. The molecule has 2 bridgehead atoms. The van der Waals surface area contributed by atoms with E-state index in [1.54, 1.807) is 18.8 Å². The van der Waals surface area contributed by atoms with Gasteiger partial charge in [0.2, 0.25) is 5.13 Å². The second kappa shape index (κ2) is 9.15. The first-order valence-electron chi connectivity index (χ1n) is 10.1. The lowest BCUT2D eigenvalue weighted by atomic mass is 9.78. The second-order valence-electron chi connectivity index (χ2n) is 7.94. The highest BCUT2D eigenvalue weighted by atomic mass is 35.5. The number of benzene rings is 1. The predicted molar refractivity (Wildman–Crippen MR) is 117 cm³/mol. The van der Waals surface area contributed by atoms with Crippen molar-refractivity contribution in [1.82, 2.24) is 15.0 Å². The van der Waals surface area contributed by atoms with Crippen molar-refractivity contribution in [3.63, 3.8) is 0 Å². The van der Waals surface area contributed by atoms with E-state index in [0.717, 1.165) is 12.8 Å². The molecule has 0 saturated carbocycles. The third-order valence-electron chi connectivity index (χ3n) is 6.08. The SMILES string of the molecule is COCOc1cc(Cl)c(F)cc1-c1nnc(N(C)[C@H]2CC3CCC([C@H]2F)N3B(C)O)s1. The number of methoxy groups -OCH3 is 1. The predicted octanol–water partition coefficient (Wildman–Crippen LogP) is 3.47. The molecule has 1 aromatic heterocycles. The molecular formula is C19H24BClF2N4O3S. The monoisotopic (exact) mass is 472 g/mol. The van der Waals surface area contributed by atoms with Crippen molar-refractivity contribution in [1.29, 1.82) is 0 Å². The Morgan fingerprint density at radius 2 is 2.16 bits per heavy atom. The van der Waals surface area contributed by atoms with Gasteiger partial charge in [-0.1, -0.05) is 22.9 Å². The van der Waals surface area contributed by atoms with E-state index in [0.29, 0.717) is 27.9 Å². The van der Waals surface area contributed by atoms with E-state index < -0.39 is 19.0 Å². The van der Waals surface area contributed by atoms with Gasteiger partial charge >= 0.3 is 7.05 Å². The number of ether oxygens (including phenoxy) is 2. The highest BCUT2D eigenvalue weighted by Gasteiger charge is 2.51. The fourth-order valence-electron chi connectivity index (χ4n) is 4.66. The number of fused-ring (bicyclic) bond motifs is 2. The third-order valence-corrected chi connectivity index (χ3v) is 7.42. The van der Waals surface area contributed by atoms with Crippen LogP contribution in [0.1, 0.15) is 19.3 Å². The summed E-state index contributed by atoms with van der Waals surface area (Å²) in [5, 5.41) is 19.3. The first kappa shape index (κ1) is 22.7. The van der Waals surface area contributed by atoms with Crippen LogP contribution < -0.4 is 9.64 Å². The van der Waals surface area contributed by atoms with E-state index in [2.05, 4.69) is 10.2 Å². The van der Waals surface area contributed by atoms with Crippen LogP contribution in [0.3, 0.4) is 0 Å². The van der Waals surface area contributed by atoms with Gasteiger partial charge in [-0.25, -0.2) is 8.78 Å². The van der Waals surface area contributed by atoms with Crippen molar-refractivity contribution in [2.24, 2.45) is 0 Å². The van der Waals surface area contributed by atoms with Crippen LogP contribution in [-0.2, 0) is 4.74 Å². The van der Waals surface area contributed by atoms with Crippen LogP contribution in [0, 0.1) is 5.82 Å². The molecule has 2 aliphatic heterocycles. The minimum atomic E-state index is -1.13. The zero-order valence-corrected chi connectivity index (χ0v) is 19.0. The number of anilines is 1. The first-order valence-corrected chi connectivity index (χ1v) is 11.3. The Labute approximate surface area is 189 Å². The van der Waals surface area contributed by atoms with E-state index in [4.69, 9.17) is 21.1 Å². The number of piperidine rings is 1. The summed E-state index contributed by atoms with van der Waals surface area (Å²) >= 11 is 7.12. The van der Waals surface area contributed by atoms with Gasteiger partial charge in [0.05, 0.1) is 16.6 Å². The number of rotatable bonds is 7. The van der Waals surface area contributed by atoms with Gasteiger partial charge in [-0.3, -0.25) is 0 Å². The number of aromatic nitrogens is 2. The lowest BCUT2D eigenvalue weighted by Crippen LogP contribution is -2.60. The van der Waals surface area contributed by atoms with Crippen molar-refractivity contribution in [3.05, 3.63) is 23.0 Å². The molecule has 12 heteroatoms. The van der Waals surface area contributed by atoms with Crippen LogP contribution in [0.25, 0.3) is 10.6 Å². The van der Waals surface area contributed by atoms with E-state index in [1.807, 2.05) is 4.81 Å². The zero-order valence-electron chi connectivity index (χ0n) is 17.5. The standard InChI is InChI=1S/C19H24BClF2N4O3S/c1-20(28)27-10-4-5-14(27)17(23)15(6-10)26(2)19-25-24-18(31-19)11-7-13(22)12(21)8-16(11)30-9-29-3/h7-8,10,14-15,17,28H,4-6,9H2,1-3H3/t10?,14?,15-,17+/m0/s1. The van der Waals surface area contributed by atoms with Gasteiger partial charge in [-0.05, 0) is 32.2 Å². The maximum atomic E-state index is 15.4. The fourth-order valence-corrected chi connectivity index (χ4v) is 5.70. The smallest absolute Gasteiger partial charge is 0.376 e. The molecule has 2 aliphatic rings. The molecule has 168 valence electrons. The van der Waals surface area contributed by atoms with Crippen LogP contribution in [-0.4, -0.2) is 72.3 Å². The highest BCUT2D eigenvalue weighted by molar-refractivity contribution is 7.18. The molecule has 0 amide bonds. The molecule has 4 atom stereocenters. The zero-order chi connectivity index (χ0) is 22.3. The summed E-state index contributed by atoms with van der Waals surface area (Å²) in [6.07, 6.45) is 1.06. The molecule has 4 rings (SSSR count). The fraction of sp³-hybridized carbons (Fsp3) is 0.579. The van der Waals surface area contributed by atoms with E-state index >= 15 is 4.39 Å². The molecule has 31 heavy (non-hydrogen) atoms. The molecule has 3 heterocycles. The van der Waals surface area contributed by atoms with Gasteiger partial charge < -0.3 is 24.2 Å². The summed E-state index contributed by atoms with van der Waals surface area (Å²) in [6, 6.07) is 2.07. The molecule has 0 aliphatic carbocycles. The van der Waals surface area contributed by atoms with Crippen molar-refractivity contribution < 1.29 is 23.3 Å². The van der Waals surface area contributed by atoms with Crippen LogP contribution in [0.2, 0.25) is 11.8 Å². The van der Waals surface area contributed by atoms with Crippen molar-refractivity contribution >= 4 is 35.1 Å². The van der Waals surface area contributed by atoms with Gasteiger partial charge in [-0.15, -0.1) is 10.2 Å². The van der Waals surface area contributed by atoms with E-state index in [1.165, 1.54) is 30.6 Å². The van der Waals surface area contributed by atoms with E-state index in [-0.39, 0.29) is 29.9 Å². The number of hydrogen-bond acceptors (Lipinski definition) is 8. The summed E-state index contributed by atoms with van der Waals surface area (Å²) in [5.41, 5.74) is 0.400. The summed E-state index contributed by atoms with van der Waals surface area (Å²) < 4.78 is 39.9. The molecule has 2 aromatic rings. The quantitative estimate of drug-likeness (QED) is 0.489. The summed E-state index contributed by atoms with van der Waals surface area (Å²) in [5.74, 6) is -0.275. The first-order chi connectivity index (χ1) is 14.8. The van der Waals surface area contributed by atoms with Gasteiger partial charge in [0, 0.05) is 32.3 Å². The van der Waals surface area contributed by atoms with Crippen LogP contribution >= 0.6 is 22.9 Å². The number of nitrogens with zero attached hydrogens (tertiary/aromatic N) is 4. The molecule has 1 aromatic carbocycles. The minimum Gasteiger partial charge on any atom is -0.467 e. The Balaban J connectivity index is 1.58. The molecule has 1 N–H and O–H groups in total. The maximum Gasteiger partial charge on any atom is 0.376 e. The Kier molecular flexibility index (Phi) is 6.69. The van der Waals surface area contributed by atoms with Crippen LogP contribution in [0.4, 0.5) is 13.9 Å². The Morgan fingerprint density at radius 3 is 2.87 bits per heavy atom. The van der Waals surface area contributed by atoms with Gasteiger partial charge in [0.15, 0.2) is 11.8 Å². The summed E-state index contributed by atoms with van der Waals surface area (Å²) in [7, 11) is 2.61. The second-order valence-corrected chi connectivity index (χ2v) is 9.30. The number of alkyl halides is 1. The largest absolute Gasteiger partial charge is 0.467 e. The summed E-state index contributed by atoms with van der Waals surface area (Å²) in [6.45, 7) is 1.66. The molecule has 2 saturated heterocycles. The van der Waals surface area contributed by atoms with Crippen LogP contribution in [0.15, 0.2) is 12.1 Å². The topological polar surface area (TPSA) is 71.0 Å². The molecule has 7 nitrogen and oxygen atoms in total. The molecular weight excluding hydrogens is 449 g/mol. The Hall–Kier alpha value is -1.53. The van der Waals surface area contributed by atoms with Crippen molar-refractivity contribution in [3.8, 4) is 16.3 Å². The van der Waals surface area contributed by atoms with E-state index in [9.17, 15) is 9.41 Å². The molecule has 2 fully saturated rings. The van der Waals surface area contributed by atoms with Gasteiger partial charge in [0.1, 0.15) is 17.7 Å².